The summed E-state index contributed by atoms with van der Waals surface area (Å²) in [7, 11) is 0. The van der Waals surface area contributed by atoms with Crippen molar-refractivity contribution in [3.63, 3.8) is 0 Å². The van der Waals surface area contributed by atoms with Crippen molar-refractivity contribution in [1.29, 1.82) is 0 Å². The molecule has 0 aromatic rings. The van der Waals surface area contributed by atoms with Crippen LogP contribution in [0, 0.1) is 0 Å². The lowest BCUT2D eigenvalue weighted by molar-refractivity contribution is -0.145. The summed E-state index contributed by atoms with van der Waals surface area (Å²) in [6, 6.07) is 0. The molecular formula is C12H25NO3. The molecule has 1 N–H and O–H groups in total. The lowest BCUT2D eigenvalue weighted by Gasteiger charge is -2.06. The van der Waals surface area contributed by atoms with Gasteiger partial charge in [-0.1, -0.05) is 20.3 Å². The molecule has 0 rings (SSSR count). The molecule has 0 aliphatic carbocycles. The van der Waals surface area contributed by atoms with Crippen molar-refractivity contribution in [2.24, 2.45) is 0 Å². The smallest absolute Gasteiger partial charge is 0.305 e. The quantitative estimate of drug-likeness (QED) is 0.434. The number of ether oxygens (including phenoxy) is 2. The molecule has 0 fully saturated rings. The molecule has 0 aliphatic heterocycles. The number of nitrogens with one attached hydrogen (secondary N) is 1. The van der Waals surface area contributed by atoms with Crippen molar-refractivity contribution in [3.8, 4) is 0 Å². The van der Waals surface area contributed by atoms with E-state index in [1.807, 2.05) is 6.92 Å². The number of carbonyl (C=O) groups excluding carboxylic acids is 1. The van der Waals surface area contributed by atoms with Crippen molar-refractivity contribution in [2.75, 3.05) is 32.9 Å². The van der Waals surface area contributed by atoms with Crippen LogP contribution in [-0.2, 0) is 14.3 Å². The highest BCUT2D eigenvalue weighted by Crippen LogP contribution is 1.90. The number of hydrogen-bond acceptors (Lipinski definition) is 4. The van der Waals surface area contributed by atoms with Crippen LogP contribution < -0.4 is 5.32 Å². The van der Waals surface area contributed by atoms with E-state index in [1.165, 1.54) is 12.8 Å². The Morgan fingerprint density at radius 3 is 2.56 bits per heavy atom. The fourth-order valence-corrected chi connectivity index (χ4v) is 1.16. The molecule has 0 radical (unpaired) electrons. The number of esters is 1. The monoisotopic (exact) mass is 231 g/mol. The van der Waals surface area contributed by atoms with Crippen LogP contribution >= 0.6 is 0 Å². The highest BCUT2D eigenvalue weighted by molar-refractivity contribution is 5.69. The van der Waals surface area contributed by atoms with Crippen LogP contribution in [0.15, 0.2) is 0 Å². The van der Waals surface area contributed by atoms with Crippen molar-refractivity contribution in [3.05, 3.63) is 0 Å². The van der Waals surface area contributed by atoms with Crippen LogP contribution in [0.3, 0.4) is 0 Å². The highest BCUT2D eigenvalue weighted by Gasteiger charge is 1.99. The molecule has 0 aromatic heterocycles. The zero-order valence-corrected chi connectivity index (χ0v) is 10.6. The second-order valence-electron chi connectivity index (χ2n) is 3.69. The molecule has 4 nitrogen and oxygen atoms in total. The van der Waals surface area contributed by atoms with E-state index in [9.17, 15) is 4.79 Å². The van der Waals surface area contributed by atoms with E-state index in [0.717, 1.165) is 19.5 Å². The average Bonchev–Trinajstić information content (AvgIpc) is 2.27. The minimum Gasteiger partial charge on any atom is -0.463 e. The first kappa shape index (κ1) is 15.4. The zero-order chi connectivity index (χ0) is 12.1. The summed E-state index contributed by atoms with van der Waals surface area (Å²) in [4.78, 5) is 11.0. The maximum Gasteiger partial charge on any atom is 0.305 e. The molecule has 96 valence electrons. The van der Waals surface area contributed by atoms with Gasteiger partial charge < -0.3 is 14.8 Å². The van der Waals surface area contributed by atoms with Gasteiger partial charge in [0.1, 0.15) is 6.61 Å². The zero-order valence-electron chi connectivity index (χ0n) is 10.6. The molecule has 0 saturated carbocycles. The Labute approximate surface area is 98.7 Å². The molecular weight excluding hydrogens is 206 g/mol. The van der Waals surface area contributed by atoms with E-state index in [-0.39, 0.29) is 5.97 Å². The Balaban J connectivity index is 3.01. The summed E-state index contributed by atoms with van der Waals surface area (Å²) < 4.78 is 10.2. The highest BCUT2D eigenvalue weighted by atomic mass is 16.6. The first-order chi connectivity index (χ1) is 7.81. The van der Waals surface area contributed by atoms with Gasteiger partial charge in [-0.2, -0.15) is 0 Å². The van der Waals surface area contributed by atoms with Gasteiger partial charge in [0.15, 0.2) is 0 Å². The van der Waals surface area contributed by atoms with E-state index in [0.29, 0.717) is 26.2 Å². The van der Waals surface area contributed by atoms with Crippen LogP contribution in [0.1, 0.15) is 39.5 Å². The molecule has 0 unspecified atom stereocenters. The number of hydrogen-bond donors (Lipinski definition) is 1. The summed E-state index contributed by atoms with van der Waals surface area (Å²) >= 11 is 0. The normalized spacial score (nSPS) is 10.4. The third kappa shape index (κ3) is 11.5. The predicted octanol–water partition coefficient (Wildman–Crippen LogP) is 1.74. The minimum absolute atomic E-state index is 0.132. The third-order valence-corrected chi connectivity index (χ3v) is 2.08. The summed E-state index contributed by atoms with van der Waals surface area (Å²) in [6.07, 6.45) is 3.75. The van der Waals surface area contributed by atoms with E-state index in [1.54, 1.807) is 0 Å². The van der Waals surface area contributed by atoms with Gasteiger partial charge in [-0.3, -0.25) is 4.79 Å². The van der Waals surface area contributed by atoms with Crippen LogP contribution in [0.2, 0.25) is 0 Å². The van der Waals surface area contributed by atoms with Crippen molar-refractivity contribution < 1.29 is 14.3 Å². The van der Waals surface area contributed by atoms with Gasteiger partial charge in [-0.25, -0.2) is 0 Å². The number of rotatable bonds is 11. The minimum atomic E-state index is -0.132. The fraction of sp³-hybridized carbons (Fsp3) is 0.917. The summed E-state index contributed by atoms with van der Waals surface area (Å²) in [5.74, 6) is -0.132. The lowest BCUT2D eigenvalue weighted by atomic mass is 10.3. The van der Waals surface area contributed by atoms with Crippen molar-refractivity contribution in [2.45, 2.75) is 39.5 Å². The largest absolute Gasteiger partial charge is 0.463 e. The number of carbonyl (C=O) groups is 1. The molecule has 0 bridgehead atoms. The third-order valence-electron chi connectivity index (χ3n) is 2.08. The van der Waals surface area contributed by atoms with E-state index < -0.39 is 0 Å². The molecule has 0 spiro atoms. The van der Waals surface area contributed by atoms with Crippen LogP contribution in [0.25, 0.3) is 0 Å². The molecule has 0 saturated heterocycles. The van der Waals surface area contributed by atoms with Gasteiger partial charge in [0.05, 0.1) is 13.2 Å². The first-order valence-electron chi connectivity index (χ1n) is 6.25. The van der Waals surface area contributed by atoms with Gasteiger partial charge in [0.2, 0.25) is 0 Å². The topological polar surface area (TPSA) is 47.6 Å². The fourth-order valence-electron chi connectivity index (χ4n) is 1.16. The van der Waals surface area contributed by atoms with Crippen molar-refractivity contribution >= 4 is 5.97 Å². The summed E-state index contributed by atoms with van der Waals surface area (Å²) in [5, 5.41) is 3.27. The molecule has 0 aliphatic rings. The van der Waals surface area contributed by atoms with Gasteiger partial charge in [0.25, 0.3) is 0 Å². The van der Waals surface area contributed by atoms with E-state index >= 15 is 0 Å². The van der Waals surface area contributed by atoms with Crippen LogP contribution in [0.4, 0.5) is 0 Å². The Hall–Kier alpha value is -0.610. The van der Waals surface area contributed by atoms with Crippen LogP contribution in [0.5, 0.6) is 0 Å². The Kier molecular flexibility index (Phi) is 12.0. The molecule has 0 atom stereocenters. The summed E-state index contributed by atoms with van der Waals surface area (Å²) in [6.45, 7) is 7.57. The maximum atomic E-state index is 11.0. The van der Waals surface area contributed by atoms with E-state index in [2.05, 4.69) is 12.2 Å². The van der Waals surface area contributed by atoms with Crippen molar-refractivity contribution in [1.82, 2.24) is 5.32 Å². The second-order valence-corrected chi connectivity index (χ2v) is 3.69. The predicted molar refractivity (Wildman–Crippen MR) is 64.5 cm³/mol. The standard InChI is InChI=1S/C12H25NO3/c1-3-5-7-13-8-9-15-10-11-16-12(14)6-4-2/h13H,3-11H2,1-2H3. The second kappa shape index (κ2) is 12.5. The Bertz CT molecular complexity index is 162. The Morgan fingerprint density at radius 1 is 1.06 bits per heavy atom. The van der Waals surface area contributed by atoms with Gasteiger partial charge in [-0.05, 0) is 19.4 Å². The van der Waals surface area contributed by atoms with E-state index in [4.69, 9.17) is 9.47 Å². The first-order valence-corrected chi connectivity index (χ1v) is 6.25. The maximum absolute atomic E-state index is 11.0. The van der Waals surface area contributed by atoms with Crippen LogP contribution in [-0.4, -0.2) is 38.9 Å². The van der Waals surface area contributed by atoms with Gasteiger partial charge >= 0.3 is 5.97 Å². The molecule has 0 amide bonds. The van der Waals surface area contributed by atoms with Gasteiger partial charge in [-0.15, -0.1) is 0 Å². The molecule has 4 heteroatoms. The SMILES string of the molecule is CCCCNCCOCCOC(=O)CCC. The van der Waals surface area contributed by atoms with Gasteiger partial charge in [0, 0.05) is 13.0 Å². The molecule has 0 aromatic carbocycles. The summed E-state index contributed by atoms with van der Waals surface area (Å²) in [5.41, 5.74) is 0. The lowest BCUT2D eigenvalue weighted by Crippen LogP contribution is -2.21. The average molecular weight is 231 g/mol. The number of unbranched alkanes of at least 4 members (excludes halogenated alkanes) is 1. The Morgan fingerprint density at radius 2 is 1.88 bits per heavy atom. The molecule has 0 heterocycles. The molecule has 16 heavy (non-hydrogen) atoms.